The first-order valence-corrected chi connectivity index (χ1v) is 5.83. The molecule has 0 saturated carbocycles. The molecule has 0 aliphatic rings. The quantitative estimate of drug-likeness (QED) is 0.278. The van der Waals surface area contributed by atoms with Crippen molar-refractivity contribution in [2.24, 2.45) is 0 Å². The number of methoxy groups -OCH3 is 1. The van der Waals surface area contributed by atoms with E-state index in [1.165, 1.54) is 19.3 Å². The average molecular weight is 258 g/mol. The fourth-order valence-corrected chi connectivity index (χ4v) is 1.28. The zero-order chi connectivity index (χ0) is 13.8. The number of hydrogen-bond acceptors (Lipinski definition) is 5. The standard InChI is InChI=1S/C13H22O5/c1-4-8-17-13(15)7-5-6-12(9-11(2)14)18-10-16-3/h4-5,7,11-12,14H,1,6,8-10H2,2-3H3/b7-5+/t11-,12+/m1/s1. The van der Waals surface area contributed by atoms with E-state index in [1.54, 1.807) is 13.0 Å². The highest BCUT2D eigenvalue weighted by Gasteiger charge is 2.10. The highest BCUT2D eigenvalue weighted by atomic mass is 16.7. The predicted octanol–water partition coefficient (Wildman–Crippen LogP) is 1.42. The number of aliphatic hydroxyl groups is 1. The molecule has 18 heavy (non-hydrogen) atoms. The van der Waals surface area contributed by atoms with Crippen molar-refractivity contribution in [1.82, 2.24) is 0 Å². The van der Waals surface area contributed by atoms with E-state index in [-0.39, 0.29) is 19.5 Å². The van der Waals surface area contributed by atoms with Crippen molar-refractivity contribution in [2.45, 2.75) is 32.0 Å². The largest absolute Gasteiger partial charge is 0.458 e. The van der Waals surface area contributed by atoms with E-state index in [0.717, 1.165) is 0 Å². The monoisotopic (exact) mass is 258 g/mol. The van der Waals surface area contributed by atoms with E-state index >= 15 is 0 Å². The van der Waals surface area contributed by atoms with Gasteiger partial charge in [0, 0.05) is 13.2 Å². The second kappa shape index (κ2) is 11.0. The minimum absolute atomic E-state index is 0.159. The molecule has 0 bridgehead atoms. The lowest BCUT2D eigenvalue weighted by Gasteiger charge is -2.17. The molecule has 0 aliphatic carbocycles. The van der Waals surface area contributed by atoms with Crippen molar-refractivity contribution >= 4 is 5.97 Å². The van der Waals surface area contributed by atoms with E-state index in [9.17, 15) is 9.90 Å². The first kappa shape index (κ1) is 16.8. The fourth-order valence-electron chi connectivity index (χ4n) is 1.28. The number of esters is 1. The zero-order valence-electron chi connectivity index (χ0n) is 11.0. The molecule has 0 aromatic rings. The number of carbonyl (C=O) groups excluding carboxylic acids is 1. The lowest BCUT2D eigenvalue weighted by molar-refractivity contribution is -0.136. The van der Waals surface area contributed by atoms with E-state index in [4.69, 9.17) is 14.2 Å². The van der Waals surface area contributed by atoms with Crippen LogP contribution in [0, 0.1) is 0 Å². The molecular formula is C13H22O5. The molecule has 0 rings (SSSR count). The Bertz CT molecular complexity index is 260. The Morgan fingerprint density at radius 3 is 2.78 bits per heavy atom. The van der Waals surface area contributed by atoms with Gasteiger partial charge in [-0.05, 0) is 19.8 Å². The number of ether oxygens (including phenoxy) is 3. The second-order valence-corrected chi connectivity index (χ2v) is 3.84. The minimum atomic E-state index is -0.465. The summed E-state index contributed by atoms with van der Waals surface area (Å²) in [6.45, 7) is 5.48. The Balaban J connectivity index is 4.02. The van der Waals surface area contributed by atoms with Crippen molar-refractivity contribution in [2.75, 3.05) is 20.5 Å². The second-order valence-electron chi connectivity index (χ2n) is 3.84. The molecule has 0 aliphatic heterocycles. The van der Waals surface area contributed by atoms with E-state index in [0.29, 0.717) is 12.8 Å². The van der Waals surface area contributed by atoms with Crippen LogP contribution in [0.5, 0.6) is 0 Å². The zero-order valence-corrected chi connectivity index (χ0v) is 11.0. The summed E-state index contributed by atoms with van der Waals surface area (Å²) < 4.78 is 14.9. The molecule has 5 nitrogen and oxygen atoms in total. The van der Waals surface area contributed by atoms with Crippen molar-refractivity contribution in [3.63, 3.8) is 0 Å². The predicted molar refractivity (Wildman–Crippen MR) is 68.0 cm³/mol. The summed E-state index contributed by atoms with van der Waals surface area (Å²) >= 11 is 0. The summed E-state index contributed by atoms with van der Waals surface area (Å²) in [6.07, 6.45) is 4.85. The maximum absolute atomic E-state index is 11.1. The summed E-state index contributed by atoms with van der Waals surface area (Å²) in [5.74, 6) is -0.419. The van der Waals surface area contributed by atoms with E-state index in [1.807, 2.05) is 0 Å². The van der Waals surface area contributed by atoms with Gasteiger partial charge in [-0.2, -0.15) is 0 Å². The van der Waals surface area contributed by atoms with Crippen LogP contribution >= 0.6 is 0 Å². The number of aliphatic hydroxyl groups excluding tert-OH is 1. The van der Waals surface area contributed by atoms with Crippen LogP contribution in [0.15, 0.2) is 24.8 Å². The van der Waals surface area contributed by atoms with Crippen molar-refractivity contribution in [1.29, 1.82) is 0 Å². The lowest BCUT2D eigenvalue weighted by atomic mass is 10.1. The first-order chi connectivity index (χ1) is 8.60. The smallest absolute Gasteiger partial charge is 0.330 e. The Morgan fingerprint density at radius 1 is 1.50 bits per heavy atom. The van der Waals surface area contributed by atoms with Crippen LogP contribution < -0.4 is 0 Å². The fraction of sp³-hybridized carbons (Fsp3) is 0.615. The van der Waals surface area contributed by atoms with Crippen molar-refractivity contribution < 1.29 is 24.1 Å². The summed E-state index contributed by atoms with van der Waals surface area (Å²) in [6, 6.07) is 0. The van der Waals surface area contributed by atoms with Gasteiger partial charge in [0.15, 0.2) is 0 Å². The van der Waals surface area contributed by atoms with Gasteiger partial charge in [-0.25, -0.2) is 4.79 Å². The van der Waals surface area contributed by atoms with Crippen LogP contribution in [-0.2, 0) is 19.0 Å². The minimum Gasteiger partial charge on any atom is -0.458 e. The summed E-state index contributed by atoms with van der Waals surface area (Å²) in [5, 5.41) is 9.30. The van der Waals surface area contributed by atoms with Crippen LogP contribution in [0.4, 0.5) is 0 Å². The normalized spacial score (nSPS) is 14.4. The van der Waals surface area contributed by atoms with Gasteiger partial charge in [-0.3, -0.25) is 0 Å². The topological polar surface area (TPSA) is 65.0 Å². The third-order valence-corrected chi connectivity index (χ3v) is 2.02. The summed E-state index contributed by atoms with van der Waals surface area (Å²) in [4.78, 5) is 11.1. The first-order valence-electron chi connectivity index (χ1n) is 5.83. The Morgan fingerprint density at radius 2 is 2.22 bits per heavy atom. The molecular weight excluding hydrogens is 236 g/mol. The number of carbonyl (C=O) groups is 1. The van der Waals surface area contributed by atoms with Crippen LogP contribution in [0.1, 0.15) is 19.8 Å². The molecule has 104 valence electrons. The van der Waals surface area contributed by atoms with Crippen LogP contribution in [0.2, 0.25) is 0 Å². The highest BCUT2D eigenvalue weighted by Crippen LogP contribution is 2.08. The van der Waals surface area contributed by atoms with Crippen LogP contribution in [-0.4, -0.2) is 43.8 Å². The van der Waals surface area contributed by atoms with Gasteiger partial charge in [-0.1, -0.05) is 18.7 Å². The highest BCUT2D eigenvalue weighted by molar-refractivity contribution is 5.81. The van der Waals surface area contributed by atoms with E-state index in [2.05, 4.69) is 6.58 Å². The molecule has 0 saturated heterocycles. The summed E-state index contributed by atoms with van der Waals surface area (Å²) in [7, 11) is 1.53. The molecule has 2 atom stereocenters. The Labute approximate surface area is 108 Å². The van der Waals surface area contributed by atoms with Crippen molar-refractivity contribution in [3.05, 3.63) is 24.8 Å². The molecule has 0 spiro atoms. The molecule has 0 radical (unpaired) electrons. The van der Waals surface area contributed by atoms with Gasteiger partial charge in [0.05, 0.1) is 12.2 Å². The van der Waals surface area contributed by atoms with Gasteiger partial charge in [-0.15, -0.1) is 0 Å². The molecule has 0 aromatic carbocycles. The van der Waals surface area contributed by atoms with E-state index < -0.39 is 12.1 Å². The van der Waals surface area contributed by atoms with Gasteiger partial charge in [0.2, 0.25) is 0 Å². The SMILES string of the molecule is C=CCOC(=O)/C=C/C[C@@H](C[C@@H](C)O)OCOC. The van der Waals surface area contributed by atoms with Crippen LogP contribution in [0.3, 0.4) is 0 Å². The lowest BCUT2D eigenvalue weighted by Crippen LogP contribution is -2.19. The molecule has 0 aromatic heterocycles. The Hall–Kier alpha value is -1.17. The summed E-state index contributed by atoms with van der Waals surface area (Å²) in [5.41, 5.74) is 0. The average Bonchev–Trinajstić information content (AvgIpc) is 2.32. The molecule has 0 fully saturated rings. The maximum atomic E-state index is 11.1. The van der Waals surface area contributed by atoms with Gasteiger partial charge >= 0.3 is 5.97 Å². The third kappa shape index (κ3) is 10.0. The van der Waals surface area contributed by atoms with Gasteiger partial charge < -0.3 is 19.3 Å². The van der Waals surface area contributed by atoms with Crippen LogP contribution in [0.25, 0.3) is 0 Å². The molecule has 5 heteroatoms. The third-order valence-electron chi connectivity index (χ3n) is 2.02. The molecule has 0 unspecified atom stereocenters. The molecule has 1 N–H and O–H groups in total. The number of hydrogen-bond donors (Lipinski definition) is 1. The number of rotatable bonds is 10. The maximum Gasteiger partial charge on any atom is 0.330 e. The molecule has 0 amide bonds. The van der Waals surface area contributed by atoms with Gasteiger partial charge in [0.1, 0.15) is 13.4 Å². The van der Waals surface area contributed by atoms with Crippen molar-refractivity contribution in [3.8, 4) is 0 Å². The van der Waals surface area contributed by atoms with Gasteiger partial charge in [0.25, 0.3) is 0 Å². The Kier molecular flexibility index (Phi) is 10.2. The molecule has 0 heterocycles.